The number of hydrogen-bond acceptors (Lipinski definition) is 3. The fraction of sp³-hybridized carbons (Fsp3) is 0.0556. The van der Waals surface area contributed by atoms with E-state index in [1.807, 2.05) is 13.0 Å². The Bertz CT molecular complexity index is 1040. The highest BCUT2D eigenvalue weighted by atomic mass is 79.9. The summed E-state index contributed by atoms with van der Waals surface area (Å²) in [5, 5.41) is 3.27. The fourth-order valence-electron chi connectivity index (χ4n) is 2.58. The Labute approximate surface area is 184 Å². The van der Waals surface area contributed by atoms with Crippen LogP contribution < -0.4 is 10.2 Å². The Hall–Kier alpha value is -1.44. The first-order chi connectivity index (χ1) is 12.7. The largest absolute Gasteiger partial charge is 0.298 e. The topological polar surface area (TPSA) is 49.4 Å². The molecule has 0 atom stereocenters. The number of halogens is 4. The molecule has 2 amide bonds. The molecule has 0 saturated carbocycles. The number of benzene rings is 2. The number of anilines is 1. The number of aryl methyl sites for hydroxylation is 1. The zero-order chi connectivity index (χ0) is 19.9. The molecule has 138 valence electrons. The summed E-state index contributed by atoms with van der Waals surface area (Å²) in [5.41, 5.74) is 1.59. The summed E-state index contributed by atoms with van der Waals surface area (Å²) in [7, 11) is 0. The van der Waals surface area contributed by atoms with E-state index in [0.717, 1.165) is 10.0 Å². The molecule has 0 aliphatic carbocycles. The quantitative estimate of drug-likeness (QED) is 0.253. The second kappa shape index (κ2) is 7.89. The highest BCUT2D eigenvalue weighted by molar-refractivity contribution is 9.10. The molecule has 1 aliphatic heterocycles. The van der Waals surface area contributed by atoms with Gasteiger partial charge in [0.1, 0.15) is 5.57 Å². The van der Waals surface area contributed by atoms with Crippen LogP contribution in [0, 0.1) is 6.92 Å². The Balaban J connectivity index is 2.11. The van der Waals surface area contributed by atoms with E-state index in [4.69, 9.17) is 47.0 Å². The summed E-state index contributed by atoms with van der Waals surface area (Å²) in [6.07, 6.45) is 1.35. The maximum absolute atomic E-state index is 13.1. The van der Waals surface area contributed by atoms with E-state index in [1.54, 1.807) is 12.1 Å². The van der Waals surface area contributed by atoms with Crippen molar-refractivity contribution in [1.82, 2.24) is 5.32 Å². The molecule has 2 aromatic carbocycles. The lowest BCUT2D eigenvalue weighted by atomic mass is 10.1. The lowest BCUT2D eigenvalue weighted by molar-refractivity contribution is -0.122. The minimum atomic E-state index is -0.622. The van der Waals surface area contributed by atoms with Crippen LogP contribution in [-0.2, 0) is 9.59 Å². The van der Waals surface area contributed by atoms with Crippen molar-refractivity contribution in [3.8, 4) is 0 Å². The number of nitrogens with zero attached hydrogens (tertiary/aromatic N) is 1. The number of amides is 2. The summed E-state index contributed by atoms with van der Waals surface area (Å²) < 4.78 is 0.860. The molecule has 0 unspecified atom stereocenters. The van der Waals surface area contributed by atoms with Crippen molar-refractivity contribution in [2.24, 2.45) is 0 Å². The molecular formula is C18H10BrCl3N2O2S. The minimum absolute atomic E-state index is 0.00259. The van der Waals surface area contributed by atoms with Gasteiger partial charge in [0.05, 0.1) is 15.7 Å². The van der Waals surface area contributed by atoms with Gasteiger partial charge in [-0.15, -0.1) is 0 Å². The fourth-order valence-corrected chi connectivity index (χ4v) is 4.00. The van der Waals surface area contributed by atoms with Crippen LogP contribution in [0.3, 0.4) is 0 Å². The first-order valence-electron chi connectivity index (χ1n) is 7.51. The van der Waals surface area contributed by atoms with Gasteiger partial charge >= 0.3 is 0 Å². The summed E-state index contributed by atoms with van der Waals surface area (Å²) in [4.78, 5) is 26.7. The molecule has 1 aliphatic rings. The highest BCUT2D eigenvalue weighted by Crippen LogP contribution is 2.33. The zero-order valence-corrected chi connectivity index (χ0v) is 18.3. The predicted octanol–water partition coefficient (Wildman–Crippen LogP) is 5.55. The smallest absolute Gasteiger partial charge is 0.270 e. The standard InChI is InChI=1S/C18H10BrCl3N2O2S/c1-8-4-10(19)2-3-14(8)24-17(26)12(16(25)23-18(24)27)6-9-5-11(20)7-13(21)15(9)22/h2-7H,1H3,(H,23,25,27)/b12-6+. The number of rotatable bonds is 2. The van der Waals surface area contributed by atoms with Crippen LogP contribution in [0.1, 0.15) is 11.1 Å². The molecule has 1 heterocycles. The van der Waals surface area contributed by atoms with Crippen LogP contribution in [0.25, 0.3) is 6.08 Å². The number of carbonyl (C=O) groups is 2. The Morgan fingerprint density at radius 3 is 2.52 bits per heavy atom. The van der Waals surface area contributed by atoms with Crippen molar-refractivity contribution in [2.45, 2.75) is 6.92 Å². The van der Waals surface area contributed by atoms with Crippen molar-refractivity contribution < 1.29 is 9.59 Å². The van der Waals surface area contributed by atoms with Gasteiger partial charge in [-0.25, -0.2) is 0 Å². The number of thiocarbonyl (C=S) groups is 1. The second-order valence-electron chi connectivity index (χ2n) is 5.68. The third-order valence-corrected chi connectivity index (χ3v) is 5.64. The van der Waals surface area contributed by atoms with Crippen LogP contribution in [0.2, 0.25) is 15.1 Å². The van der Waals surface area contributed by atoms with Gasteiger partial charge in [-0.05, 0) is 66.7 Å². The van der Waals surface area contributed by atoms with E-state index in [0.29, 0.717) is 16.3 Å². The number of nitrogens with one attached hydrogen (secondary N) is 1. The molecule has 0 radical (unpaired) electrons. The van der Waals surface area contributed by atoms with Gasteiger partial charge in [-0.1, -0.05) is 50.7 Å². The molecule has 2 aromatic rings. The normalized spacial score (nSPS) is 16.1. The molecule has 1 fully saturated rings. The number of carbonyl (C=O) groups excluding carboxylic acids is 2. The first kappa shape index (κ1) is 20.3. The van der Waals surface area contributed by atoms with Gasteiger partial charge in [-0.2, -0.15) is 0 Å². The van der Waals surface area contributed by atoms with Gasteiger partial charge < -0.3 is 0 Å². The molecular weight excluding hydrogens is 495 g/mol. The molecule has 9 heteroatoms. The minimum Gasteiger partial charge on any atom is -0.298 e. The average molecular weight is 505 g/mol. The molecule has 0 aromatic heterocycles. The summed E-state index contributed by atoms with van der Waals surface area (Å²) >= 11 is 26.8. The van der Waals surface area contributed by atoms with Gasteiger partial charge in [0.15, 0.2) is 5.11 Å². The van der Waals surface area contributed by atoms with Crippen LogP contribution in [0.5, 0.6) is 0 Å². The first-order valence-corrected chi connectivity index (χ1v) is 9.84. The summed E-state index contributed by atoms with van der Waals surface area (Å²) in [6, 6.07) is 8.36. The third-order valence-electron chi connectivity index (χ3n) is 3.82. The molecule has 4 nitrogen and oxygen atoms in total. The second-order valence-corrected chi connectivity index (χ2v) is 8.20. The number of hydrogen-bond donors (Lipinski definition) is 1. The molecule has 1 saturated heterocycles. The van der Waals surface area contributed by atoms with Crippen molar-refractivity contribution in [3.05, 3.63) is 66.6 Å². The molecule has 1 N–H and O–H groups in total. The van der Waals surface area contributed by atoms with Crippen molar-refractivity contribution in [3.63, 3.8) is 0 Å². The van der Waals surface area contributed by atoms with E-state index in [1.165, 1.54) is 23.1 Å². The highest BCUT2D eigenvalue weighted by Gasteiger charge is 2.35. The van der Waals surface area contributed by atoms with Crippen LogP contribution >= 0.6 is 63.0 Å². The Morgan fingerprint density at radius 1 is 1.15 bits per heavy atom. The maximum atomic E-state index is 13.1. The SMILES string of the molecule is Cc1cc(Br)ccc1N1C(=O)/C(=C/c2cc(Cl)cc(Cl)c2Cl)C(=O)NC1=S. The van der Waals surface area contributed by atoms with Crippen molar-refractivity contribution in [2.75, 3.05) is 4.90 Å². The van der Waals surface area contributed by atoms with E-state index in [9.17, 15) is 9.59 Å². The lowest BCUT2D eigenvalue weighted by Crippen LogP contribution is -2.54. The van der Waals surface area contributed by atoms with E-state index in [-0.39, 0.29) is 20.7 Å². The zero-order valence-electron chi connectivity index (χ0n) is 13.6. The van der Waals surface area contributed by atoms with Gasteiger partial charge in [-0.3, -0.25) is 19.8 Å². The third kappa shape index (κ3) is 4.05. The van der Waals surface area contributed by atoms with Crippen LogP contribution in [0.4, 0.5) is 5.69 Å². The summed E-state index contributed by atoms with van der Waals surface area (Å²) in [5.74, 6) is -1.19. The van der Waals surface area contributed by atoms with Gasteiger partial charge in [0.25, 0.3) is 11.8 Å². The van der Waals surface area contributed by atoms with Crippen molar-refractivity contribution in [1.29, 1.82) is 0 Å². The van der Waals surface area contributed by atoms with E-state index < -0.39 is 11.8 Å². The van der Waals surface area contributed by atoms with Crippen LogP contribution in [-0.4, -0.2) is 16.9 Å². The molecule has 3 rings (SSSR count). The van der Waals surface area contributed by atoms with Crippen molar-refractivity contribution >= 4 is 91.6 Å². The van der Waals surface area contributed by atoms with Crippen LogP contribution in [0.15, 0.2) is 40.4 Å². The Kier molecular flexibility index (Phi) is 5.93. The molecule has 0 bridgehead atoms. The maximum Gasteiger partial charge on any atom is 0.270 e. The predicted molar refractivity (Wildman–Crippen MR) is 117 cm³/mol. The average Bonchev–Trinajstić information content (AvgIpc) is 2.57. The Morgan fingerprint density at radius 2 is 1.85 bits per heavy atom. The summed E-state index contributed by atoms with van der Waals surface area (Å²) in [6.45, 7) is 1.84. The lowest BCUT2D eigenvalue weighted by Gasteiger charge is -2.30. The molecule has 0 spiro atoms. The van der Waals surface area contributed by atoms with E-state index >= 15 is 0 Å². The monoisotopic (exact) mass is 502 g/mol. The van der Waals surface area contributed by atoms with Gasteiger partial charge in [0, 0.05) is 9.50 Å². The molecule has 27 heavy (non-hydrogen) atoms. The van der Waals surface area contributed by atoms with E-state index in [2.05, 4.69) is 21.2 Å². The van der Waals surface area contributed by atoms with Gasteiger partial charge in [0.2, 0.25) is 0 Å².